The summed E-state index contributed by atoms with van der Waals surface area (Å²) < 4.78 is 7.17. The number of esters is 1. The second-order valence-corrected chi connectivity index (χ2v) is 6.94. The summed E-state index contributed by atoms with van der Waals surface area (Å²) >= 11 is 4.63. The van der Waals surface area contributed by atoms with Crippen molar-refractivity contribution in [1.29, 1.82) is 0 Å². The molecule has 0 aliphatic heterocycles. The number of carbonyl (C=O) groups is 1. The predicted octanol–water partition coefficient (Wildman–Crippen LogP) is 3.61. The molecule has 0 amide bonds. The van der Waals surface area contributed by atoms with Crippen molar-refractivity contribution < 1.29 is 9.53 Å². The van der Waals surface area contributed by atoms with E-state index in [2.05, 4.69) is 32.6 Å². The van der Waals surface area contributed by atoms with E-state index >= 15 is 0 Å². The third-order valence-electron chi connectivity index (χ3n) is 3.41. The van der Waals surface area contributed by atoms with E-state index in [1.165, 1.54) is 18.9 Å². The second-order valence-electron chi connectivity index (χ2n) is 5.08. The number of nitrogens with zero attached hydrogens (tertiary/aromatic N) is 2. The third-order valence-corrected chi connectivity index (χ3v) is 4.86. The monoisotopic (exact) mass is 398 g/mol. The quantitative estimate of drug-likeness (QED) is 0.308. The van der Waals surface area contributed by atoms with Crippen molar-refractivity contribution >= 4 is 44.6 Å². The minimum absolute atomic E-state index is 0.0697. The summed E-state index contributed by atoms with van der Waals surface area (Å²) in [5.74, 6) is -0.195. The Morgan fingerprint density at radius 3 is 2.87 bits per heavy atom. The highest BCUT2D eigenvalue weighted by Crippen LogP contribution is 2.21. The second kappa shape index (κ2) is 8.49. The standard InChI is InChI=1S/C16H19BrN2O3S/c1-3-4-5-8-19-15(21)12-9-11(17)6-7-13(12)18-16(19)23-10-14(20)22-2/h6-7,9H,3-5,8,10H2,1-2H3. The zero-order valence-corrected chi connectivity index (χ0v) is 15.6. The smallest absolute Gasteiger partial charge is 0.316 e. The highest BCUT2D eigenvalue weighted by molar-refractivity contribution is 9.10. The van der Waals surface area contributed by atoms with E-state index in [0.29, 0.717) is 22.6 Å². The molecule has 23 heavy (non-hydrogen) atoms. The zero-order valence-electron chi connectivity index (χ0n) is 13.2. The van der Waals surface area contributed by atoms with E-state index in [1.807, 2.05) is 6.07 Å². The minimum Gasteiger partial charge on any atom is -0.468 e. The Bertz CT molecular complexity index is 761. The number of hydrogen-bond donors (Lipinski definition) is 0. The summed E-state index contributed by atoms with van der Waals surface area (Å²) in [5, 5.41) is 1.14. The van der Waals surface area contributed by atoms with Gasteiger partial charge in [0.15, 0.2) is 5.16 Å². The van der Waals surface area contributed by atoms with Gasteiger partial charge in [0.2, 0.25) is 0 Å². The molecular formula is C16H19BrN2O3S. The van der Waals surface area contributed by atoms with Gasteiger partial charge in [0.1, 0.15) is 0 Å². The van der Waals surface area contributed by atoms with Gasteiger partial charge in [-0.15, -0.1) is 0 Å². The van der Waals surface area contributed by atoms with Gasteiger partial charge < -0.3 is 4.74 Å². The van der Waals surface area contributed by atoms with Crippen LogP contribution in [0.15, 0.2) is 32.6 Å². The summed E-state index contributed by atoms with van der Waals surface area (Å²) in [7, 11) is 1.35. The third kappa shape index (κ3) is 4.57. The number of hydrogen-bond acceptors (Lipinski definition) is 5. The van der Waals surface area contributed by atoms with Crippen LogP contribution in [0.3, 0.4) is 0 Å². The van der Waals surface area contributed by atoms with Gasteiger partial charge in [0.05, 0.1) is 23.8 Å². The van der Waals surface area contributed by atoms with Gasteiger partial charge in [0.25, 0.3) is 5.56 Å². The van der Waals surface area contributed by atoms with Gasteiger partial charge >= 0.3 is 5.97 Å². The van der Waals surface area contributed by atoms with Gasteiger partial charge in [-0.25, -0.2) is 4.98 Å². The molecule has 0 spiro atoms. The molecule has 0 aliphatic rings. The minimum atomic E-state index is -0.333. The fraction of sp³-hybridized carbons (Fsp3) is 0.438. The first-order valence-electron chi connectivity index (χ1n) is 7.46. The molecular weight excluding hydrogens is 380 g/mol. The summed E-state index contributed by atoms with van der Waals surface area (Å²) in [6.45, 7) is 2.72. The highest BCUT2D eigenvalue weighted by Gasteiger charge is 2.13. The van der Waals surface area contributed by atoms with Crippen LogP contribution in [-0.2, 0) is 16.1 Å². The molecule has 2 aromatic rings. The highest BCUT2D eigenvalue weighted by atomic mass is 79.9. The number of rotatable bonds is 7. The Hall–Kier alpha value is -1.34. The molecule has 0 aliphatic carbocycles. The molecule has 0 unspecified atom stereocenters. The molecule has 124 valence electrons. The molecule has 2 rings (SSSR count). The molecule has 1 heterocycles. The Balaban J connectivity index is 2.44. The van der Waals surface area contributed by atoms with Crippen LogP contribution in [0.2, 0.25) is 0 Å². The van der Waals surface area contributed by atoms with Gasteiger partial charge in [-0.2, -0.15) is 0 Å². The first kappa shape index (κ1) is 18.0. The van der Waals surface area contributed by atoms with Crippen LogP contribution in [0.4, 0.5) is 0 Å². The fourth-order valence-corrected chi connectivity index (χ4v) is 3.40. The summed E-state index contributed by atoms with van der Waals surface area (Å²) in [6.07, 6.45) is 3.03. The zero-order chi connectivity index (χ0) is 16.8. The maximum Gasteiger partial charge on any atom is 0.316 e. The summed E-state index contributed by atoms with van der Waals surface area (Å²) in [6, 6.07) is 5.44. The molecule has 1 aromatic carbocycles. The van der Waals surface area contributed by atoms with Crippen LogP contribution in [-0.4, -0.2) is 28.4 Å². The van der Waals surface area contributed by atoms with E-state index in [-0.39, 0.29) is 17.3 Å². The molecule has 0 radical (unpaired) electrons. The fourth-order valence-electron chi connectivity index (χ4n) is 2.18. The number of thioether (sulfide) groups is 1. The number of unbranched alkanes of at least 4 members (excludes halogenated alkanes) is 2. The van der Waals surface area contributed by atoms with E-state index in [4.69, 9.17) is 0 Å². The molecule has 7 heteroatoms. The average molecular weight is 399 g/mol. The first-order chi connectivity index (χ1) is 11.1. The number of benzene rings is 1. The summed E-state index contributed by atoms with van der Waals surface area (Å²) in [4.78, 5) is 28.7. The van der Waals surface area contributed by atoms with E-state index in [0.717, 1.165) is 23.7 Å². The average Bonchev–Trinajstić information content (AvgIpc) is 2.55. The molecule has 0 atom stereocenters. The van der Waals surface area contributed by atoms with E-state index in [9.17, 15) is 9.59 Å². The largest absolute Gasteiger partial charge is 0.468 e. The number of aromatic nitrogens is 2. The van der Waals surface area contributed by atoms with Crippen molar-refractivity contribution in [2.75, 3.05) is 12.9 Å². The first-order valence-corrected chi connectivity index (χ1v) is 9.24. The van der Waals surface area contributed by atoms with Gasteiger partial charge in [-0.1, -0.05) is 47.5 Å². The number of carbonyl (C=O) groups excluding carboxylic acids is 1. The van der Waals surface area contributed by atoms with Crippen LogP contribution in [0.25, 0.3) is 10.9 Å². The van der Waals surface area contributed by atoms with Crippen molar-refractivity contribution in [3.8, 4) is 0 Å². The van der Waals surface area contributed by atoms with Crippen molar-refractivity contribution in [2.24, 2.45) is 0 Å². The lowest BCUT2D eigenvalue weighted by atomic mass is 10.2. The van der Waals surface area contributed by atoms with E-state index in [1.54, 1.807) is 16.7 Å². The molecule has 0 N–H and O–H groups in total. The maximum absolute atomic E-state index is 12.8. The SMILES string of the molecule is CCCCCn1c(SCC(=O)OC)nc2ccc(Br)cc2c1=O. The summed E-state index contributed by atoms with van der Waals surface area (Å²) in [5.41, 5.74) is 0.567. The van der Waals surface area contributed by atoms with Crippen molar-refractivity contribution in [3.05, 3.63) is 33.0 Å². The van der Waals surface area contributed by atoms with Crippen molar-refractivity contribution in [2.45, 2.75) is 37.9 Å². The molecule has 1 aromatic heterocycles. The lowest BCUT2D eigenvalue weighted by Crippen LogP contribution is -2.24. The predicted molar refractivity (Wildman–Crippen MR) is 96.0 cm³/mol. The molecule has 0 fully saturated rings. The maximum atomic E-state index is 12.8. The number of ether oxygens (including phenoxy) is 1. The van der Waals surface area contributed by atoms with Gasteiger partial charge in [0, 0.05) is 11.0 Å². The Morgan fingerprint density at radius 1 is 1.39 bits per heavy atom. The van der Waals surface area contributed by atoms with Crippen LogP contribution >= 0.6 is 27.7 Å². The molecule has 0 bridgehead atoms. The van der Waals surface area contributed by atoms with Crippen LogP contribution in [0, 0.1) is 0 Å². The van der Waals surface area contributed by atoms with Gasteiger partial charge in [-0.3, -0.25) is 14.2 Å². The van der Waals surface area contributed by atoms with E-state index < -0.39 is 0 Å². The van der Waals surface area contributed by atoms with Crippen molar-refractivity contribution in [1.82, 2.24) is 9.55 Å². The number of methoxy groups -OCH3 is 1. The molecule has 5 nitrogen and oxygen atoms in total. The Morgan fingerprint density at radius 2 is 2.17 bits per heavy atom. The molecule has 0 saturated carbocycles. The van der Waals surface area contributed by atoms with Crippen LogP contribution in [0.5, 0.6) is 0 Å². The molecule has 0 saturated heterocycles. The number of halogens is 1. The van der Waals surface area contributed by atoms with Crippen LogP contribution < -0.4 is 5.56 Å². The normalized spacial score (nSPS) is 10.9. The van der Waals surface area contributed by atoms with Crippen molar-refractivity contribution in [3.63, 3.8) is 0 Å². The number of fused-ring (bicyclic) bond motifs is 1. The lowest BCUT2D eigenvalue weighted by Gasteiger charge is -2.12. The lowest BCUT2D eigenvalue weighted by molar-refractivity contribution is -0.137. The van der Waals surface area contributed by atoms with Crippen LogP contribution in [0.1, 0.15) is 26.2 Å². The van der Waals surface area contributed by atoms with Gasteiger partial charge in [-0.05, 0) is 24.6 Å². The topological polar surface area (TPSA) is 61.2 Å². The Labute approximate surface area is 147 Å². The Kier molecular flexibility index (Phi) is 6.65.